The molecule has 0 heterocycles. The average Bonchev–Trinajstić information content (AvgIpc) is 2.39. The summed E-state index contributed by atoms with van der Waals surface area (Å²) in [6.07, 6.45) is 0.876. The first-order valence-corrected chi connectivity index (χ1v) is 6.78. The summed E-state index contributed by atoms with van der Waals surface area (Å²) < 4.78 is 18.4. The van der Waals surface area contributed by atoms with E-state index in [0.29, 0.717) is 18.7 Å². The fourth-order valence-corrected chi connectivity index (χ4v) is 2.00. The van der Waals surface area contributed by atoms with Crippen LogP contribution in [-0.4, -0.2) is 29.3 Å². The van der Waals surface area contributed by atoms with Gasteiger partial charge in [-0.1, -0.05) is 6.92 Å². The summed E-state index contributed by atoms with van der Waals surface area (Å²) in [6, 6.07) is 5.69. The van der Waals surface area contributed by atoms with Gasteiger partial charge in [0.25, 0.3) is 0 Å². The third-order valence-corrected chi connectivity index (χ3v) is 3.08. The Labute approximate surface area is 119 Å². The Morgan fingerprint density at radius 2 is 2.05 bits per heavy atom. The molecule has 4 nitrogen and oxygen atoms in total. The first-order chi connectivity index (χ1) is 9.37. The summed E-state index contributed by atoms with van der Waals surface area (Å²) >= 11 is 0. The van der Waals surface area contributed by atoms with E-state index >= 15 is 0 Å². The molecule has 0 bridgehead atoms. The fraction of sp³-hybridized carbons (Fsp3) is 0.533. The molecule has 5 heteroatoms. The molecule has 1 rings (SSSR count). The van der Waals surface area contributed by atoms with Gasteiger partial charge >= 0.3 is 5.97 Å². The summed E-state index contributed by atoms with van der Waals surface area (Å²) in [5.74, 6) is -0.701. The maximum atomic E-state index is 12.8. The first kappa shape index (κ1) is 16.4. The number of hydrogen-bond acceptors (Lipinski definition) is 3. The molecular weight excluding hydrogens is 261 g/mol. The van der Waals surface area contributed by atoms with Gasteiger partial charge in [0.15, 0.2) is 0 Å². The molecule has 2 N–H and O–H groups in total. The standard InChI is InChI=1S/C15H22FNO3/c1-4-9-17-15(3,14(18)19)10-11(2)20-13-7-5-12(16)6-8-13/h5-8,11,17H,4,9-10H2,1-3H3,(H,18,19). The largest absolute Gasteiger partial charge is 0.491 e. The van der Waals surface area contributed by atoms with Crippen LogP contribution in [0.25, 0.3) is 0 Å². The van der Waals surface area contributed by atoms with Crippen molar-refractivity contribution >= 4 is 5.97 Å². The van der Waals surface area contributed by atoms with Gasteiger partial charge in [-0.25, -0.2) is 4.39 Å². The maximum Gasteiger partial charge on any atom is 0.323 e. The summed E-state index contributed by atoms with van der Waals surface area (Å²) in [4.78, 5) is 11.4. The number of hydrogen-bond donors (Lipinski definition) is 2. The molecule has 0 aliphatic heterocycles. The van der Waals surface area contributed by atoms with Crippen LogP contribution in [0.5, 0.6) is 5.75 Å². The Kier molecular flexibility index (Phi) is 5.95. The molecule has 2 unspecified atom stereocenters. The highest BCUT2D eigenvalue weighted by Gasteiger charge is 2.34. The lowest BCUT2D eigenvalue weighted by atomic mass is 9.94. The van der Waals surface area contributed by atoms with Crippen LogP contribution in [0, 0.1) is 5.82 Å². The number of nitrogens with one attached hydrogen (secondary N) is 1. The molecule has 0 radical (unpaired) electrons. The third kappa shape index (κ3) is 4.81. The minimum Gasteiger partial charge on any atom is -0.491 e. The van der Waals surface area contributed by atoms with Gasteiger partial charge in [-0.15, -0.1) is 0 Å². The zero-order valence-corrected chi connectivity index (χ0v) is 12.1. The van der Waals surface area contributed by atoms with E-state index < -0.39 is 11.5 Å². The van der Waals surface area contributed by atoms with Crippen LogP contribution in [-0.2, 0) is 4.79 Å². The van der Waals surface area contributed by atoms with Gasteiger partial charge in [0.2, 0.25) is 0 Å². The van der Waals surface area contributed by atoms with Crippen molar-refractivity contribution in [2.24, 2.45) is 0 Å². The van der Waals surface area contributed by atoms with Crippen molar-refractivity contribution in [2.75, 3.05) is 6.54 Å². The summed E-state index contributed by atoms with van der Waals surface area (Å²) in [5.41, 5.74) is -1.03. The van der Waals surface area contributed by atoms with E-state index in [9.17, 15) is 14.3 Å². The van der Waals surface area contributed by atoms with Crippen LogP contribution in [0.3, 0.4) is 0 Å². The first-order valence-electron chi connectivity index (χ1n) is 6.78. The molecule has 0 aliphatic carbocycles. The van der Waals surface area contributed by atoms with Crippen molar-refractivity contribution < 1.29 is 19.0 Å². The molecule has 0 saturated heterocycles. The Balaban J connectivity index is 2.64. The number of carboxylic acid groups (broad SMARTS) is 1. The number of carbonyl (C=O) groups is 1. The fourth-order valence-electron chi connectivity index (χ4n) is 2.00. The number of aliphatic carboxylic acids is 1. The monoisotopic (exact) mass is 283 g/mol. The minimum absolute atomic E-state index is 0.300. The van der Waals surface area contributed by atoms with Gasteiger partial charge < -0.3 is 15.2 Å². The lowest BCUT2D eigenvalue weighted by Gasteiger charge is -2.29. The van der Waals surface area contributed by atoms with E-state index in [2.05, 4.69) is 5.32 Å². The van der Waals surface area contributed by atoms with Crippen molar-refractivity contribution in [1.82, 2.24) is 5.32 Å². The Morgan fingerprint density at radius 1 is 1.45 bits per heavy atom. The van der Waals surface area contributed by atoms with Gasteiger partial charge in [0, 0.05) is 6.42 Å². The molecule has 0 aliphatic rings. The van der Waals surface area contributed by atoms with E-state index in [1.54, 1.807) is 13.8 Å². The van der Waals surface area contributed by atoms with Crippen molar-refractivity contribution in [2.45, 2.75) is 45.3 Å². The lowest BCUT2D eigenvalue weighted by Crippen LogP contribution is -2.52. The molecule has 2 atom stereocenters. The number of carboxylic acids is 1. The van der Waals surface area contributed by atoms with Crippen LogP contribution < -0.4 is 10.1 Å². The quantitative estimate of drug-likeness (QED) is 0.770. The topological polar surface area (TPSA) is 58.6 Å². The molecule has 0 spiro atoms. The van der Waals surface area contributed by atoms with Crippen molar-refractivity contribution in [3.63, 3.8) is 0 Å². The molecule has 0 saturated carbocycles. The highest BCUT2D eigenvalue weighted by molar-refractivity contribution is 5.78. The van der Waals surface area contributed by atoms with Gasteiger partial charge in [0.05, 0.1) is 6.10 Å². The predicted octanol–water partition coefficient (Wildman–Crippen LogP) is 2.83. The summed E-state index contributed by atoms with van der Waals surface area (Å²) in [5, 5.41) is 12.4. The van der Waals surface area contributed by atoms with E-state index in [1.165, 1.54) is 24.3 Å². The van der Waals surface area contributed by atoms with Gasteiger partial charge in [-0.3, -0.25) is 4.79 Å². The second kappa shape index (κ2) is 7.24. The molecule has 1 aromatic rings. The molecule has 112 valence electrons. The molecule has 0 fully saturated rings. The zero-order chi connectivity index (χ0) is 15.2. The number of benzene rings is 1. The Hall–Kier alpha value is -1.62. The van der Waals surface area contributed by atoms with E-state index in [1.807, 2.05) is 6.92 Å². The highest BCUT2D eigenvalue weighted by Crippen LogP contribution is 2.19. The Morgan fingerprint density at radius 3 is 2.55 bits per heavy atom. The van der Waals surface area contributed by atoms with E-state index in [-0.39, 0.29) is 11.9 Å². The van der Waals surface area contributed by atoms with Gasteiger partial charge in [-0.2, -0.15) is 0 Å². The number of rotatable bonds is 8. The molecule has 20 heavy (non-hydrogen) atoms. The van der Waals surface area contributed by atoms with Crippen LogP contribution in [0.15, 0.2) is 24.3 Å². The molecule has 1 aromatic carbocycles. The SMILES string of the molecule is CCCNC(C)(CC(C)Oc1ccc(F)cc1)C(=O)O. The van der Waals surface area contributed by atoms with Crippen molar-refractivity contribution in [1.29, 1.82) is 0 Å². The highest BCUT2D eigenvalue weighted by atomic mass is 19.1. The predicted molar refractivity (Wildman–Crippen MR) is 75.4 cm³/mol. The van der Waals surface area contributed by atoms with Gasteiger partial charge in [-0.05, 0) is 51.1 Å². The molecule has 0 aromatic heterocycles. The molecular formula is C15H22FNO3. The lowest BCUT2D eigenvalue weighted by molar-refractivity contribution is -0.145. The zero-order valence-electron chi connectivity index (χ0n) is 12.1. The average molecular weight is 283 g/mol. The van der Waals surface area contributed by atoms with E-state index in [0.717, 1.165) is 6.42 Å². The number of ether oxygens (including phenoxy) is 1. The van der Waals surface area contributed by atoms with Crippen molar-refractivity contribution in [3.05, 3.63) is 30.1 Å². The second-order valence-corrected chi connectivity index (χ2v) is 5.15. The third-order valence-electron chi connectivity index (χ3n) is 3.08. The Bertz CT molecular complexity index is 435. The molecule has 0 amide bonds. The van der Waals surface area contributed by atoms with Crippen LogP contribution >= 0.6 is 0 Å². The smallest absolute Gasteiger partial charge is 0.323 e. The minimum atomic E-state index is -1.03. The van der Waals surface area contributed by atoms with Gasteiger partial charge in [0.1, 0.15) is 17.1 Å². The van der Waals surface area contributed by atoms with Crippen LogP contribution in [0.1, 0.15) is 33.6 Å². The van der Waals surface area contributed by atoms with E-state index in [4.69, 9.17) is 4.74 Å². The van der Waals surface area contributed by atoms with Crippen LogP contribution in [0.4, 0.5) is 4.39 Å². The summed E-state index contributed by atoms with van der Waals surface area (Å²) in [7, 11) is 0. The maximum absolute atomic E-state index is 12.8. The normalized spacial score (nSPS) is 15.4. The second-order valence-electron chi connectivity index (χ2n) is 5.15. The summed E-state index contributed by atoms with van der Waals surface area (Å²) in [6.45, 7) is 6.06. The van der Waals surface area contributed by atoms with Crippen LogP contribution in [0.2, 0.25) is 0 Å². The van der Waals surface area contributed by atoms with Crippen molar-refractivity contribution in [3.8, 4) is 5.75 Å². The number of halogens is 1.